The first-order chi connectivity index (χ1) is 10.0. The molecule has 0 heterocycles. The summed E-state index contributed by atoms with van der Waals surface area (Å²) in [7, 11) is 3.15. The van der Waals surface area contributed by atoms with Crippen molar-refractivity contribution < 1.29 is 14.3 Å². The molecule has 0 atom stereocenters. The van der Waals surface area contributed by atoms with Crippen molar-refractivity contribution in [3.05, 3.63) is 29.3 Å². The highest BCUT2D eigenvalue weighted by Gasteiger charge is 2.24. The Morgan fingerprint density at radius 3 is 2.76 bits per heavy atom. The Morgan fingerprint density at radius 2 is 2.14 bits per heavy atom. The molecule has 1 aromatic rings. The molecule has 0 radical (unpaired) electrons. The summed E-state index contributed by atoms with van der Waals surface area (Å²) in [6.45, 7) is 0.736. The fourth-order valence-electron chi connectivity index (χ4n) is 2.20. The van der Waals surface area contributed by atoms with E-state index in [0.717, 1.165) is 18.4 Å². The standard InChI is InChI=1S/C15H21N3O3/c1-18(9-13(19)17-11-6-7-11)8-10-4-3-5-12(16)14(10)15(20)21-2/h3-5,11H,6-9,16H2,1-2H3,(H,17,19). The van der Waals surface area contributed by atoms with Crippen LogP contribution in [0.4, 0.5) is 5.69 Å². The van der Waals surface area contributed by atoms with E-state index in [-0.39, 0.29) is 12.5 Å². The average molecular weight is 291 g/mol. The number of nitrogens with zero attached hydrogens (tertiary/aromatic N) is 1. The van der Waals surface area contributed by atoms with Gasteiger partial charge in [-0.15, -0.1) is 0 Å². The Hall–Kier alpha value is -2.08. The summed E-state index contributed by atoms with van der Waals surface area (Å²) in [5.74, 6) is -0.456. The fraction of sp³-hybridized carbons (Fsp3) is 0.467. The lowest BCUT2D eigenvalue weighted by Gasteiger charge is -2.18. The van der Waals surface area contributed by atoms with Crippen molar-refractivity contribution in [2.45, 2.75) is 25.4 Å². The number of hydrogen-bond donors (Lipinski definition) is 2. The lowest BCUT2D eigenvalue weighted by atomic mass is 10.1. The molecular weight excluding hydrogens is 270 g/mol. The summed E-state index contributed by atoms with van der Waals surface area (Å²) in [4.78, 5) is 25.4. The van der Waals surface area contributed by atoms with Gasteiger partial charge in [0.25, 0.3) is 0 Å². The lowest BCUT2D eigenvalue weighted by Crippen LogP contribution is -2.36. The zero-order chi connectivity index (χ0) is 15.4. The third kappa shape index (κ3) is 4.19. The molecule has 1 aliphatic rings. The Kier molecular flexibility index (Phi) is 4.80. The van der Waals surface area contributed by atoms with E-state index in [0.29, 0.717) is 23.8 Å². The maximum atomic E-state index is 11.8. The largest absolute Gasteiger partial charge is 0.465 e. The minimum absolute atomic E-state index is 0.00326. The molecule has 0 saturated heterocycles. The number of nitrogens with one attached hydrogen (secondary N) is 1. The van der Waals surface area contributed by atoms with Crippen LogP contribution in [0.25, 0.3) is 0 Å². The van der Waals surface area contributed by atoms with Crippen LogP contribution in [0.5, 0.6) is 0 Å². The van der Waals surface area contributed by atoms with E-state index in [2.05, 4.69) is 5.32 Å². The molecule has 0 aliphatic heterocycles. The predicted octanol–water partition coefficient (Wildman–Crippen LogP) is 0.766. The molecule has 0 unspecified atom stereocenters. The molecule has 0 bridgehead atoms. The first-order valence-corrected chi connectivity index (χ1v) is 6.95. The number of nitrogens with two attached hydrogens (primary N) is 1. The zero-order valence-corrected chi connectivity index (χ0v) is 12.4. The van der Waals surface area contributed by atoms with Gasteiger partial charge in [0.15, 0.2) is 0 Å². The number of likely N-dealkylation sites (N-methyl/N-ethyl adjacent to an activating group) is 1. The fourth-order valence-corrected chi connectivity index (χ4v) is 2.20. The molecule has 21 heavy (non-hydrogen) atoms. The summed E-state index contributed by atoms with van der Waals surface area (Å²) >= 11 is 0. The van der Waals surface area contributed by atoms with Crippen LogP contribution in [-0.4, -0.2) is 43.5 Å². The van der Waals surface area contributed by atoms with Crippen LogP contribution in [0.1, 0.15) is 28.8 Å². The summed E-state index contributed by atoms with van der Waals surface area (Å²) < 4.78 is 4.76. The van der Waals surface area contributed by atoms with E-state index < -0.39 is 5.97 Å². The number of methoxy groups -OCH3 is 1. The third-order valence-corrected chi connectivity index (χ3v) is 3.37. The van der Waals surface area contributed by atoms with Crippen molar-refractivity contribution in [3.63, 3.8) is 0 Å². The average Bonchev–Trinajstić information content (AvgIpc) is 3.21. The number of rotatable bonds is 6. The molecule has 3 N–H and O–H groups in total. The van der Waals surface area contributed by atoms with E-state index in [9.17, 15) is 9.59 Å². The lowest BCUT2D eigenvalue weighted by molar-refractivity contribution is -0.122. The van der Waals surface area contributed by atoms with Crippen molar-refractivity contribution in [1.29, 1.82) is 0 Å². The number of carbonyl (C=O) groups is 2. The van der Waals surface area contributed by atoms with E-state index in [1.165, 1.54) is 7.11 Å². The van der Waals surface area contributed by atoms with Crippen molar-refractivity contribution >= 4 is 17.6 Å². The molecule has 1 fully saturated rings. The maximum Gasteiger partial charge on any atom is 0.340 e. The van der Waals surface area contributed by atoms with Gasteiger partial charge in [-0.1, -0.05) is 12.1 Å². The summed E-state index contributed by atoms with van der Waals surface area (Å²) in [6, 6.07) is 5.62. The number of hydrogen-bond acceptors (Lipinski definition) is 5. The van der Waals surface area contributed by atoms with Gasteiger partial charge in [-0.25, -0.2) is 4.79 Å². The molecule has 2 rings (SSSR count). The van der Waals surface area contributed by atoms with E-state index in [1.807, 2.05) is 18.0 Å². The number of benzene rings is 1. The number of esters is 1. The number of anilines is 1. The maximum absolute atomic E-state index is 11.8. The predicted molar refractivity (Wildman–Crippen MR) is 79.7 cm³/mol. The molecule has 1 aromatic carbocycles. The minimum Gasteiger partial charge on any atom is -0.465 e. The number of amides is 1. The van der Waals surface area contributed by atoms with Crippen LogP contribution in [-0.2, 0) is 16.1 Å². The Labute approximate surface area is 124 Å². The molecule has 114 valence electrons. The number of carbonyl (C=O) groups excluding carboxylic acids is 2. The normalized spacial score (nSPS) is 14.0. The van der Waals surface area contributed by atoms with E-state index >= 15 is 0 Å². The van der Waals surface area contributed by atoms with Crippen molar-refractivity contribution in [3.8, 4) is 0 Å². The van der Waals surface area contributed by atoms with Crippen LogP contribution in [0, 0.1) is 0 Å². The molecule has 0 spiro atoms. The summed E-state index contributed by atoms with van der Waals surface area (Å²) in [5, 5.41) is 2.93. The molecular formula is C15H21N3O3. The van der Waals surface area contributed by atoms with Gasteiger partial charge in [-0.2, -0.15) is 0 Å². The van der Waals surface area contributed by atoms with Crippen LogP contribution >= 0.6 is 0 Å². The van der Waals surface area contributed by atoms with Crippen molar-refractivity contribution in [2.24, 2.45) is 0 Å². The first-order valence-electron chi connectivity index (χ1n) is 6.95. The molecule has 1 aliphatic carbocycles. The van der Waals surface area contributed by atoms with Crippen LogP contribution < -0.4 is 11.1 Å². The zero-order valence-electron chi connectivity index (χ0n) is 12.4. The SMILES string of the molecule is COC(=O)c1c(N)cccc1CN(C)CC(=O)NC1CC1. The second-order valence-electron chi connectivity index (χ2n) is 5.39. The minimum atomic E-state index is -0.459. The highest BCUT2D eigenvalue weighted by Crippen LogP contribution is 2.20. The van der Waals surface area contributed by atoms with Gasteiger partial charge in [0.1, 0.15) is 0 Å². The first kappa shape index (κ1) is 15.3. The Morgan fingerprint density at radius 1 is 1.43 bits per heavy atom. The Bertz CT molecular complexity index is 541. The van der Waals surface area contributed by atoms with E-state index in [4.69, 9.17) is 10.5 Å². The van der Waals surface area contributed by atoms with Gasteiger partial charge in [-0.3, -0.25) is 9.69 Å². The van der Waals surface area contributed by atoms with Gasteiger partial charge < -0.3 is 15.8 Å². The van der Waals surface area contributed by atoms with Crippen LogP contribution in [0.2, 0.25) is 0 Å². The molecule has 1 amide bonds. The van der Waals surface area contributed by atoms with Gasteiger partial charge in [0.05, 0.1) is 19.2 Å². The monoisotopic (exact) mass is 291 g/mol. The van der Waals surface area contributed by atoms with Gasteiger partial charge in [-0.05, 0) is 31.5 Å². The van der Waals surface area contributed by atoms with Gasteiger partial charge in [0, 0.05) is 18.3 Å². The van der Waals surface area contributed by atoms with Gasteiger partial charge >= 0.3 is 5.97 Å². The summed E-state index contributed by atoms with van der Waals surface area (Å²) in [5.41, 5.74) is 7.36. The van der Waals surface area contributed by atoms with Crippen LogP contribution in [0.3, 0.4) is 0 Å². The quantitative estimate of drug-likeness (QED) is 0.597. The smallest absolute Gasteiger partial charge is 0.340 e. The molecule has 6 heteroatoms. The second-order valence-corrected chi connectivity index (χ2v) is 5.39. The highest BCUT2D eigenvalue weighted by atomic mass is 16.5. The van der Waals surface area contributed by atoms with Gasteiger partial charge in [0.2, 0.25) is 5.91 Å². The number of nitrogen functional groups attached to an aromatic ring is 1. The summed E-state index contributed by atoms with van der Waals surface area (Å²) in [6.07, 6.45) is 2.13. The third-order valence-electron chi connectivity index (χ3n) is 3.37. The highest BCUT2D eigenvalue weighted by molar-refractivity contribution is 5.96. The molecule has 0 aromatic heterocycles. The topological polar surface area (TPSA) is 84.7 Å². The van der Waals surface area contributed by atoms with Crippen molar-refractivity contribution in [2.75, 3.05) is 26.4 Å². The van der Waals surface area contributed by atoms with E-state index in [1.54, 1.807) is 12.1 Å². The molecule has 1 saturated carbocycles. The Balaban J connectivity index is 2.02. The number of ether oxygens (including phenoxy) is 1. The van der Waals surface area contributed by atoms with Crippen molar-refractivity contribution in [1.82, 2.24) is 10.2 Å². The second kappa shape index (κ2) is 6.58. The van der Waals surface area contributed by atoms with Crippen LogP contribution in [0.15, 0.2) is 18.2 Å². The molecule has 6 nitrogen and oxygen atoms in total.